The molecule has 0 N–H and O–H groups in total. The zero-order chi connectivity index (χ0) is 21.7. The summed E-state index contributed by atoms with van der Waals surface area (Å²) in [6.45, 7) is 1.76. The number of hydrogen-bond donors (Lipinski definition) is 0. The van der Waals surface area contributed by atoms with Gasteiger partial charge in [0.25, 0.3) is 5.91 Å². The molecule has 0 saturated carbocycles. The van der Waals surface area contributed by atoms with Gasteiger partial charge >= 0.3 is 0 Å². The summed E-state index contributed by atoms with van der Waals surface area (Å²) in [5.41, 5.74) is 1.19. The van der Waals surface area contributed by atoms with Crippen molar-refractivity contribution in [1.29, 1.82) is 0 Å². The topological polar surface area (TPSA) is 59.1 Å². The van der Waals surface area contributed by atoms with Crippen LogP contribution in [0.5, 0.6) is 11.5 Å². The summed E-state index contributed by atoms with van der Waals surface area (Å²) < 4.78 is 10.7. The minimum atomic E-state index is -0.150. The normalized spacial score (nSPS) is 14.1. The Balaban J connectivity index is 1.62. The molecule has 6 nitrogen and oxygen atoms in total. The second-order valence-electron chi connectivity index (χ2n) is 6.69. The zero-order valence-electron chi connectivity index (χ0n) is 16.7. The van der Waals surface area contributed by atoms with E-state index in [4.69, 9.17) is 32.7 Å². The fourth-order valence-electron chi connectivity index (χ4n) is 3.30. The number of ether oxygens (including phenoxy) is 2. The second kappa shape index (κ2) is 9.87. The van der Waals surface area contributed by atoms with Gasteiger partial charge in [-0.3, -0.25) is 9.59 Å². The van der Waals surface area contributed by atoms with E-state index in [0.717, 1.165) is 5.56 Å². The molecule has 1 saturated heterocycles. The van der Waals surface area contributed by atoms with E-state index in [0.29, 0.717) is 53.3 Å². The fraction of sp³-hybridized carbons (Fsp3) is 0.273. The first kappa shape index (κ1) is 22.0. The van der Waals surface area contributed by atoms with Crippen molar-refractivity contribution >= 4 is 41.1 Å². The summed E-state index contributed by atoms with van der Waals surface area (Å²) in [5.74, 6) is 0.890. The number of nitrogens with zero attached hydrogens (tertiary/aromatic N) is 2. The first-order valence-electron chi connectivity index (χ1n) is 9.36. The third-order valence-corrected chi connectivity index (χ3v) is 5.26. The molecule has 0 bridgehead atoms. The number of hydrogen-bond acceptors (Lipinski definition) is 4. The molecule has 1 aliphatic heterocycles. The highest BCUT2D eigenvalue weighted by Gasteiger charge is 2.24. The van der Waals surface area contributed by atoms with Crippen LogP contribution in [0, 0.1) is 0 Å². The van der Waals surface area contributed by atoms with Crippen LogP contribution in [0.2, 0.25) is 10.0 Å². The largest absolute Gasteiger partial charge is 0.493 e. The van der Waals surface area contributed by atoms with Gasteiger partial charge in [-0.25, -0.2) is 0 Å². The van der Waals surface area contributed by atoms with E-state index in [2.05, 4.69) is 0 Å². The van der Waals surface area contributed by atoms with Gasteiger partial charge in [-0.2, -0.15) is 0 Å². The van der Waals surface area contributed by atoms with Gasteiger partial charge in [0.1, 0.15) is 0 Å². The van der Waals surface area contributed by atoms with Crippen LogP contribution in [0.15, 0.2) is 42.5 Å². The number of amides is 2. The third-order valence-electron chi connectivity index (χ3n) is 4.83. The lowest BCUT2D eigenvalue weighted by Crippen LogP contribution is -2.50. The Bertz CT molecular complexity index is 949. The van der Waals surface area contributed by atoms with Crippen LogP contribution in [0.3, 0.4) is 0 Å². The minimum Gasteiger partial charge on any atom is -0.493 e. The van der Waals surface area contributed by atoms with E-state index >= 15 is 0 Å². The molecular weight excluding hydrogens is 427 g/mol. The van der Waals surface area contributed by atoms with Crippen LogP contribution in [-0.2, 0) is 4.79 Å². The summed E-state index contributed by atoms with van der Waals surface area (Å²) in [5, 5.41) is 0.829. The molecule has 30 heavy (non-hydrogen) atoms. The molecule has 0 unspecified atom stereocenters. The third kappa shape index (κ3) is 5.07. The monoisotopic (exact) mass is 448 g/mol. The van der Waals surface area contributed by atoms with E-state index in [1.807, 2.05) is 12.1 Å². The van der Waals surface area contributed by atoms with E-state index in [1.54, 1.807) is 54.4 Å². The van der Waals surface area contributed by atoms with Crippen molar-refractivity contribution < 1.29 is 19.1 Å². The van der Waals surface area contributed by atoms with Crippen molar-refractivity contribution in [3.8, 4) is 11.5 Å². The van der Waals surface area contributed by atoms with Gasteiger partial charge in [0, 0.05) is 53.4 Å². The summed E-state index contributed by atoms with van der Waals surface area (Å²) in [6.07, 6.45) is 3.21. The maximum Gasteiger partial charge on any atom is 0.254 e. The number of halogens is 2. The molecule has 0 radical (unpaired) electrons. The van der Waals surface area contributed by atoms with E-state index < -0.39 is 0 Å². The minimum absolute atomic E-state index is 0.127. The van der Waals surface area contributed by atoms with Gasteiger partial charge in [-0.05, 0) is 30.3 Å². The van der Waals surface area contributed by atoms with Crippen molar-refractivity contribution in [2.45, 2.75) is 0 Å². The molecule has 0 aromatic heterocycles. The van der Waals surface area contributed by atoms with Crippen molar-refractivity contribution in [3.63, 3.8) is 0 Å². The number of methoxy groups -OCH3 is 2. The van der Waals surface area contributed by atoms with Gasteiger partial charge < -0.3 is 19.3 Å². The maximum absolute atomic E-state index is 12.7. The first-order chi connectivity index (χ1) is 14.4. The molecular formula is C22H22Cl2N2O4. The lowest BCUT2D eigenvalue weighted by molar-refractivity contribution is -0.127. The number of carbonyl (C=O) groups is 2. The summed E-state index contributed by atoms with van der Waals surface area (Å²) in [7, 11) is 3.12. The predicted molar refractivity (Wildman–Crippen MR) is 118 cm³/mol. The number of carbonyl (C=O) groups excluding carboxylic acids is 2. The molecule has 0 spiro atoms. The van der Waals surface area contributed by atoms with Crippen LogP contribution in [0.1, 0.15) is 15.9 Å². The summed E-state index contributed by atoms with van der Waals surface area (Å²) >= 11 is 12.0. The number of para-hydroxylation sites is 1. The van der Waals surface area contributed by atoms with Crippen molar-refractivity contribution in [2.24, 2.45) is 0 Å². The molecule has 0 aliphatic carbocycles. The lowest BCUT2D eigenvalue weighted by atomic mass is 10.1. The quantitative estimate of drug-likeness (QED) is 0.648. The van der Waals surface area contributed by atoms with Crippen molar-refractivity contribution in [2.75, 3.05) is 40.4 Å². The Kier molecular flexibility index (Phi) is 7.24. The Morgan fingerprint density at radius 1 is 0.933 bits per heavy atom. The van der Waals surface area contributed by atoms with E-state index in [-0.39, 0.29) is 11.8 Å². The number of piperazine rings is 1. The van der Waals surface area contributed by atoms with Crippen LogP contribution in [-0.4, -0.2) is 62.0 Å². The zero-order valence-corrected chi connectivity index (χ0v) is 18.2. The van der Waals surface area contributed by atoms with Crippen LogP contribution in [0.4, 0.5) is 0 Å². The Labute approximate surface area is 185 Å². The second-order valence-corrected chi connectivity index (χ2v) is 7.56. The van der Waals surface area contributed by atoms with Gasteiger partial charge in [-0.15, -0.1) is 0 Å². The van der Waals surface area contributed by atoms with Crippen LogP contribution >= 0.6 is 23.2 Å². The highest BCUT2D eigenvalue weighted by atomic mass is 35.5. The molecule has 1 heterocycles. The molecule has 1 aliphatic rings. The van der Waals surface area contributed by atoms with Gasteiger partial charge in [0.2, 0.25) is 5.91 Å². The molecule has 2 aromatic carbocycles. The average Bonchev–Trinajstić information content (AvgIpc) is 2.75. The van der Waals surface area contributed by atoms with Gasteiger partial charge in [-0.1, -0.05) is 35.3 Å². The van der Waals surface area contributed by atoms with Gasteiger partial charge in [0.15, 0.2) is 11.5 Å². The number of rotatable bonds is 5. The molecule has 2 amide bonds. The van der Waals surface area contributed by atoms with Crippen molar-refractivity contribution in [1.82, 2.24) is 9.80 Å². The lowest BCUT2D eigenvalue weighted by Gasteiger charge is -2.34. The Morgan fingerprint density at radius 2 is 1.57 bits per heavy atom. The molecule has 158 valence electrons. The highest BCUT2D eigenvalue weighted by Crippen LogP contribution is 2.31. The van der Waals surface area contributed by atoms with Crippen LogP contribution < -0.4 is 9.47 Å². The van der Waals surface area contributed by atoms with E-state index in [1.165, 1.54) is 6.08 Å². The Hall–Kier alpha value is -2.70. The van der Waals surface area contributed by atoms with E-state index in [9.17, 15) is 9.59 Å². The Morgan fingerprint density at radius 3 is 2.17 bits per heavy atom. The highest BCUT2D eigenvalue weighted by molar-refractivity contribution is 6.35. The molecule has 2 aromatic rings. The number of benzene rings is 2. The van der Waals surface area contributed by atoms with Gasteiger partial charge in [0.05, 0.1) is 14.2 Å². The fourth-order valence-corrected chi connectivity index (χ4v) is 3.83. The smallest absolute Gasteiger partial charge is 0.254 e. The molecule has 1 fully saturated rings. The van der Waals surface area contributed by atoms with Crippen LogP contribution in [0.25, 0.3) is 6.08 Å². The standard InChI is InChI=1S/C22H22Cl2N2O4/c1-29-19-5-3-4-15(21(19)30-2)6-7-20(27)25-8-10-26(11-9-25)22(28)16-12-17(23)14-18(24)13-16/h3-7,12-14H,8-11H2,1-2H3/b7-6+. The first-order valence-corrected chi connectivity index (χ1v) is 10.1. The SMILES string of the molecule is COc1cccc(/C=C/C(=O)N2CCN(C(=O)c3cc(Cl)cc(Cl)c3)CC2)c1OC. The summed E-state index contributed by atoms with van der Waals surface area (Å²) in [4.78, 5) is 28.7. The van der Waals surface area contributed by atoms with Crippen molar-refractivity contribution in [3.05, 3.63) is 63.6 Å². The maximum atomic E-state index is 12.7. The average molecular weight is 449 g/mol. The molecule has 3 rings (SSSR count). The summed E-state index contributed by atoms with van der Waals surface area (Å²) in [6, 6.07) is 10.2. The predicted octanol–water partition coefficient (Wildman–Crippen LogP) is 4.01. The molecule has 0 atom stereocenters. The molecule has 8 heteroatoms.